The van der Waals surface area contributed by atoms with E-state index in [-0.39, 0.29) is 23.8 Å². The van der Waals surface area contributed by atoms with Crippen molar-refractivity contribution in [3.63, 3.8) is 0 Å². The van der Waals surface area contributed by atoms with E-state index in [2.05, 4.69) is 10.2 Å². The minimum Gasteiger partial charge on any atom is -0.486 e. The molecule has 0 unspecified atom stereocenters. The highest BCUT2D eigenvalue weighted by molar-refractivity contribution is 6.32. The minimum atomic E-state index is -1.22. The Morgan fingerprint density at radius 3 is 2.68 bits per heavy atom. The Bertz CT molecular complexity index is 1310. The van der Waals surface area contributed by atoms with E-state index in [1.807, 2.05) is 13.0 Å². The first-order valence-electron chi connectivity index (χ1n) is 11.6. The molecule has 1 spiro atoms. The van der Waals surface area contributed by atoms with E-state index >= 15 is 0 Å². The van der Waals surface area contributed by atoms with Gasteiger partial charge in [-0.15, -0.1) is 0 Å². The number of benzene rings is 2. The number of halogens is 1. The Hall–Kier alpha value is -3.10. The van der Waals surface area contributed by atoms with Crippen LogP contribution in [-0.4, -0.2) is 48.4 Å². The van der Waals surface area contributed by atoms with Crippen molar-refractivity contribution in [1.82, 2.24) is 4.90 Å². The average Bonchev–Trinajstić information content (AvgIpc) is 3.55. The summed E-state index contributed by atoms with van der Waals surface area (Å²) >= 11 is 6.35. The molecule has 5 aliphatic rings. The van der Waals surface area contributed by atoms with Gasteiger partial charge in [-0.3, -0.25) is 19.3 Å². The number of nitrogens with zero attached hydrogens (tertiary/aromatic N) is 2. The van der Waals surface area contributed by atoms with Crippen LogP contribution in [-0.2, 0) is 19.9 Å². The van der Waals surface area contributed by atoms with Crippen molar-refractivity contribution in [1.29, 1.82) is 0 Å². The summed E-state index contributed by atoms with van der Waals surface area (Å²) in [5.41, 5.74) is 1.39. The summed E-state index contributed by atoms with van der Waals surface area (Å²) in [7, 11) is 0. The van der Waals surface area contributed by atoms with Gasteiger partial charge in [0.15, 0.2) is 11.5 Å². The number of imide groups is 1. The molecule has 5 heterocycles. The summed E-state index contributed by atoms with van der Waals surface area (Å²) in [4.78, 5) is 45.0. The molecule has 34 heavy (non-hydrogen) atoms. The SMILES string of the molecule is Cc1c(Cl)ccc2c1NC(=O)[C@@]21[C@@H]2C(=O)N(c3ccc4c(c3)OCCO4)C(=O)[C@H]2[C@@H]2CCCN21. The molecule has 7 rings (SSSR count). The molecule has 174 valence electrons. The number of carbonyl (C=O) groups is 3. The molecule has 3 amide bonds. The number of amides is 3. The second-order valence-corrected chi connectivity index (χ2v) is 9.97. The number of rotatable bonds is 1. The second kappa shape index (κ2) is 6.73. The summed E-state index contributed by atoms with van der Waals surface area (Å²) in [6.07, 6.45) is 1.64. The maximum absolute atomic E-state index is 14.1. The molecule has 0 aliphatic carbocycles. The average molecular weight is 480 g/mol. The molecule has 0 saturated carbocycles. The summed E-state index contributed by atoms with van der Waals surface area (Å²) < 4.78 is 11.3. The fraction of sp³-hybridized carbons (Fsp3) is 0.400. The van der Waals surface area contributed by atoms with Gasteiger partial charge in [-0.1, -0.05) is 17.7 Å². The van der Waals surface area contributed by atoms with Gasteiger partial charge in [0.05, 0.1) is 23.2 Å². The van der Waals surface area contributed by atoms with Crippen molar-refractivity contribution in [3.05, 3.63) is 46.5 Å². The summed E-state index contributed by atoms with van der Waals surface area (Å²) in [6, 6.07) is 8.55. The first kappa shape index (κ1) is 20.3. The highest BCUT2D eigenvalue weighted by Gasteiger charge is 2.74. The third kappa shape index (κ3) is 2.25. The van der Waals surface area contributed by atoms with Crippen LogP contribution >= 0.6 is 11.6 Å². The maximum Gasteiger partial charge on any atom is 0.250 e. The van der Waals surface area contributed by atoms with E-state index in [1.54, 1.807) is 24.3 Å². The highest BCUT2D eigenvalue weighted by Crippen LogP contribution is 2.61. The van der Waals surface area contributed by atoms with Crippen LogP contribution in [0, 0.1) is 18.8 Å². The summed E-state index contributed by atoms with van der Waals surface area (Å²) in [5.74, 6) is -1.16. The molecular weight excluding hydrogens is 458 g/mol. The van der Waals surface area contributed by atoms with Crippen molar-refractivity contribution in [2.75, 3.05) is 30.0 Å². The van der Waals surface area contributed by atoms with Crippen LogP contribution in [0.4, 0.5) is 11.4 Å². The molecule has 0 aromatic heterocycles. The third-order valence-electron chi connectivity index (χ3n) is 8.15. The van der Waals surface area contributed by atoms with Gasteiger partial charge in [-0.25, -0.2) is 4.90 Å². The highest BCUT2D eigenvalue weighted by atomic mass is 35.5. The maximum atomic E-state index is 14.1. The van der Waals surface area contributed by atoms with E-state index in [4.69, 9.17) is 21.1 Å². The Morgan fingerprint density at radius 1 is 1.06 bits per heavy atom. The molecule has 3 fully saturated rings. The minimum absolute atomic E-state index is 0.170. The van der Waals surface area contributed by atoms with Gasteiger partial charge in [-0.05, 0) is 50.1 Å². The van der Waals surface area contributed by atoms with Gasteiger partial charge < -0.3 is 14.8 Å². The van der Waals surface area contributed by atoms with Crippen molar-refractivity contribution in [2.24, 2.45) is 11.8 Å². The molecule has 4 atom stereocenters. The predicted molar refractivity (Wildman–Crippen MR) is 123 cm³/mol. The van der Waals surface area contributed by atoms with Crippen LogP contribution in [0.5, 0.6) is 11.5 Å². The molecule has 1 N–H and O–H groups in total. The van der Waals surface area contributed by atoms with Gasteiger partial charge in [-0.2, -0.15) is 0 Å². The molecule has 0 bridgehead atoms. The largest absolute Gasteiger partial charge is 0.486 e. The molecule has 2 aromatic rings. The van der Waals surface area contributed by atoms with E-state index in [1.165, 1.54) is 4.90 Å². The lowest BCUT2D eigenvalue weighted by molar-refractivity contribution is -0.135. The zero-order chi connectivity index (χ0) is 23.4. The van der Waals surface area contributed by atoms with Crippen LogP contribution in [0.2, 0.25) is 5.02 Å². The lowest BCUT2D eigenvalue weighted by Crippen LogP contribution is -2.54. The van der Waals surface area contributed by atoms with Gasteiger partial charge >= 0.3 is 0 Å². The number of nitrogens with one attached hydrogen (secondary N) is 1. The monoisotopic (exact) mass is 479 g/mol. The molecule has 2 aromatic carbocycles. The molecule has 8 nitrogen and oxygen atoms in total. The first-order chi connectivity index (χ1) is 16.4. The van der Waals surface area contributed by atoms with Crippen LogP contribution in [0.3, 0.4) is 0 Å². The molecule has 5 aliphatic heterocycles. The standard InChI is InChI=1S/C25H22ClN3O5/c1-12-15(26)6-5-14-21(12)27-24(32)25(14)20-19(16-3-2-8-28(16)25)22(30)29(23(20)31)13-4-7-17-18(11-13)34-10-9-33-17/h4-7,11,16,19-20H,2-3,8-10H2,1H3,(H,27,32)/t16-,19-,20-,25-/m0/s1. The van der Waals surface area contributed by atoms with E-state index < -0.39 is 17.4 Å². The fourth-order valence-corrected chi connectivity index (χ4v) is 6.97. The second-order valence-electron chi connectivity index (χ2n) is 9.56. The van der Waals surface area contributed by atoms with Crippen molar-refractivity contribution >= 4 is 40.7 Å². The number of ether oxygens (including phenoxy) is 2. The van der Waals surface area contributed by atoms with Crippen molar-refractivity contribution < 1.29 is 23.9 Å². The van der Waals surface area contributed by atoms with Gasteiger partial charge in [0.2, 0.25) is 17.7 Å². The van der Waals surface area contributed by atoms with E-state index in [0.29, 0.717) is 47.7 Å². The van der Waals surface area contributed by atoms with Gasteiger partial charge in [0.25, 0.3) is 0 Å². The number of hydrogen-bond acceptors (Lipinski definition) is 6. The lowest BCUT2D eigenvalue weighted by Gasteiger charge is -2.36. The van der Waals surface area contributed by atoms with Crippen LogP contribution in [0.15, 0.2) is 30.3 Å². The van der Waals surface area contributed by atoms with Gasteiger partial charge in [0, 0.05) is 22.7 Å². The topological polar surface area (TPSA) is 88.2 Å². The third-order valence-corrected chi connectivity index (χ3v) is 8.56. The zero-order valence-corrected chi connectivity index (χ0v) is 19.2. The Morgan fingerprint density at radius 2 is 1.85 bits per heavy atom. The molecular formula is C25H22ClN3O5. The zero-order valence-electron chi connectivity index (χ0n) is 18.5. The van der Waals surface area contributed by atoms with Crippen molar-refractivity contribution in [2.45, 2.75) is 31.3 Å². The van der Waals surface area contributed by atoms with E-state index in [0.717, 1.165) is 24.0 Å². The number of hydrogen-bond donors (Lipinski definition) is 1. The predicted octanol–water partition coefficient (Wildman–Crippen LogP) is 2.85. The summed E-state index contributed by atoms with van der Waals surface area (Å²) in [6.45, 7) is 3.38. The summed E-state index contributed by atoms with van der Waals surface area (Å²) in [5, 5.41) is 3.56. The smallest absolute Gasteiger partial charge is 0.250 e. The van der Waals surface area contributed by atoms with E-state index in [9.17, 15) is 14.4 Å². The quantitative estimate of drug-likeness (QED) is 0.633. The van der Waals surface area contributed by atoms with Crippen LogP contribution < -0.4 is 19.7 Å². The first-order valence-corrected chi connectivity index (χ1v) is 12.0. The Labute approximate surface area is 200 Å². The molecule has 0 radical (unpaired) electrons. The normalized spacial score (nSPS) is 31.2. The van der Waals surface area contributed by atoms with Gasteiger partial charge in [0.1, 0.15) is 18.8 Å². The number of fused-ring (bicyclic) bond motifs is 8. The number of carbonyl (C=O) groups excluding carboxylic acids is 3. The fourth-order valence-electron chi connectivity index (χ4n) is 6.82. The lowest BCUT2D eigenvalue weighted by atomic mass is 9.75. The Balaban J connectivity index is 1.39. The van der Waals surface area contributed by atoms with Crippen LogP contribution in [0.25, 0.3) is 0 Å². The molecule has 9 heteroatoms. The molecule has 3 saturated heterocycles. The van der Waals surface area contributed by atoms with Crippen LogP contribution in [0.1, 0.15) is 24.0 Å². The number of anilines is 2. The Kier molecular flexibility index (Phi) is 4.02. The van der Waals surface area contributed by atoms with Crippen molar-refractivity contribution in [3.8, 4) is 11.5 Å².